The predicted molar refractivity (Wildman–Crippen MR) is 105 cm³/mol. The van der Waals surface area contributed by atoms with Crippen LogP contribution in [-0.4, -0.2) is 72.7 Å². The topological polar surface area (TPSA) is 242 Å². The average Bonchev–Trinajstić information content (AvgIpc) is 2.55. The van der Waals surface area contributed by atoms with E-state index in [1.54, 1.807) is 0 Å². The van der Waals surface area contributed by atoms with Gasteiger partial charge in [-0.2, -0.15) is 0 Å². The lowest BCUT2D eigenvalue weighted by Crippen LogP contribution is -2.56. The van der Waals surface area contributed by atoms with Crippen LogP contribution in [-0.2, 0) is 9.59 Å². The molecule has 0 aromatic heterocycles. The molecule has 0 aliphatic carbocycles. The highest BCUT2D eigenvalue weighted by atomic mass is 16.2. The molecule has 0 fully saturated rings. The minimum atomic E-state index is -0.892. The van der Waals surface area contributed by atoms with Crippen molar-refractivity contribution in [2.24, 2.45) is 44.4 Å². The smallest absolute Gasteiger partial charge is 0.239 e. The summed E-state index contributed by atoms with van der Waals surface area (Å²) < 4.78 is 0. The van der Waals surface area contributed by atoms with E-state index >= 15 is 0 Å². The van der Waals surface area contributed by atoms with Gasteiger partial charge >= 0.3 is 0 Å². The number of carbonyl (C=O) groups excluding carboxylic acids is 2. The van der Waals surface area contributed by atoms with Crippen molar-refractivity contribution in [2.45, 2.75) is 38.4 Å². The fraction of sp³-hybridized carbons (Fsp3) is 0.714. The molecule has 14 N–H and O–H groups in total. The summed E-state index contributed by atoms with van der Waals surface area (Å²) in [5.41, 5.74) is 31.9. The number of nitrogens with one attached hydrogen (secondary N) is 2. The molecule has 0 aromatic carbocycles. The molecule has 156 valence electrons. The lowest BCUT2D eigenvalue weighted by Gasteiger charge is -2.36. The van der Waals surface area contributed by atoms with Gasteiger partial charge in [-0.05, 0) is 20.8 Å². The highest BCUT2D eigenvalue weighted by Crippen LogP contribution is 2.10. The number of carbonyl (C=O) groups is 2. The maximum Gasteiger partial charge on any atom is 0.239 e. The van der Waals surface area contributed by atoms with Crippen LogP contribution >= 0.6 is 0 Å². The van der Waals surface area contributed by atoms with Crippen molar-refractivity contribution >= 4 is 23.7 Å². The number of amides is 2. The van der Waals surface area contributed by atoms with Gasteiger partial charge in [0, 0.05) is 5.54 Å². The van der Waals surface area contributed by atoms with E-state index in [-0.39, 0.29) is 43.9 Å². The van der Waals surface area contributed by atoms with E-state index in [0.29, 0.717) is 0 Å². The molecule has 0 aliphatic rings. The largest absolute Gasteiger partial charge is 0.370 e. The van der Waals surface area contributed by atoms with Crippen LogP contribution in [0.1, 0.15) is 20.8 Å². The van der Waals surface area contributed by atoms with Gasteiger partial charge in [-0.15, -0.1) is 0 Å². The van der Waals surface area contributed by atoms with Crippen LogP contribution in [0.2, 0.25) is 0 Å². The summed E-state index contributed by atoms with van der Waals surface area (Å²) in [7, 11) is 0. The molecule has 0 aliphatic heterocycles. The Bertz CT molecular complexity index is 506. The third kappa shape index (κ3) is 10.8. The van der Waals surface area contributed by atoms with Crippen LogP contribution in [0.3, 0.4) is 0 Å². The van der Waals surface area contributed by atoms with Gasteiger partial charge in [-0.25, -0.2) is 0 Å². The predicted octanol–water partition coefficient (Wildman–Crippen LogP) is -4.56. The second kappa shape index (κ2) is 11.2. The standard InChI is InChI=1S/C14H33N11O2/c1-14(2,3)25(6-23-10(26)8(15)4-21-12(17)18)7-24-11(27)9(16)5-22-13(19)20/h8-9H,4-7,15-16H2,1-3H3,(H,23,26)(H,24,27)(H4,17,18,21)(H4,19,20,22)/t8-,9+. The molecule has 2 amide bonds. The van der Waals surface area contributed by atoms with E-state index in [0.717, 1.165) is 0 Å². The average molecular weight is 387 g/mol. The molecular formula is C14H33N11O2. The van der Waals surface area contributed by atoms with E-state index in [9.17, 15) is 9.59 Å². The van der Waals surface area contributed by atoms with Crippen LogP contribution in [0, 0.1) is 0 Å². The molecule has 0 aromatic rings. The van der Waals surface area contributed by atoms with Gasteiger partial charge in [-0.1, -0.05) is 0 Å². The summed E-state index contributed by atoms with van der Waals surface area (Å²) >= 11 is 0. The van der Waals surface area contributed by atoms with E-state index in [1.807, 2.05) is 25.7 Å². The maximum atomic E-state index is 12.0. The first-order valence-corrected chi connectivity index (χ1v) is 8.27. The molecule has 13 heteroatoms. The first kappa shape index (κ1) is 24.4. The molecule has 27 heavy (non-hydrogen) atoms. The van der Waals surface area contributed by atoms with Crippen molar-refractivity contribution in [3.8, 4) is 0 Å². The SMILES string of the molecule is CC(C)(C)N(CNC(=O)[C@H](N)CN=C(N)N)CNC(=O)[C@@H](N)CN=C(N)N. The molecule has 2 atom stereocenters. The monoisotopic (exact) mass is 387 g/mol. The summed E-state index contributed by atoms with van der Waals surface area (Å²) in [6, 6.07) is -1.78. The lowest BCUT2D eigenvalue weighted by molar-refractivity contribution is -0.123. The van der Waals surface area contributed by atoms with Crippen LogP contribution < -0.4 is 45.0 Å². The number of nitrogens with two attached hydrogens (primary N) is 6. The Labute approximate surface area is 158 Å². The Hall–Kier alpha value is -2.64. The van der Waals surface area contributed by atoms with Crippen molar-refractivity contribution in [1.29, 1.82) is 0 Å². The molecule has 0 saturated heterocycles. The molecule has 0 radical (unpaired) electrons. The van der Waals surface area contributed by atoms with E-state index in [4.69, 9.17) is 34.4 Å². The normalized spacial score (nSPS) is 13.4. The Balaban J connectivity index is 4.65. The first-order valence-electron chi connectivity index (χ1n) is 8.27. The fourth-order valence-corrected chi connectivity index (χ4v) is 1.71. The van der Waals surface area contributed by atoms with Gasteiger partial charge < -0.3 is 45.0 Å². The Morgan fingerprint density at radius 1 is 0.852 bits per heavy atom. The molecule has 0 spiro atoms. The zero-order chi connectivity index (χ0) is 21.2. The summed E-state index contributed by atoms with van der Waals surface area (Å²) in [6.45, 7) is 5.99. The zero-order valence-electron chi connectivity index (χ0n) is 16.1. The Morgan fingerprint density at radius 3 is 1.44 bits per heavy atom. The minimum absolute atomic E-state index is 0.0277. The minimum Gasteiger partial charge on any atom is -0.370 e. The Kier molecular flexibility index (Phi) is 10.1. The highest BCUT2D eigenvalue weighted by molar-refractivity contribution is 5.83. The molecule has 0 saturated carbocycles. The molecule has 13 nitrogen and oxygen atoms in total. The van der Waals surface area contributed by atoms with Crippen molar-refractivity contribution in [3.63, 3.8) is 0 Å². The molecule has 0 heterocycles. The van der Waals surface area contributed by atoms with Crippen molar-refractivity contribution in [2.75, 3.05) is 26.4 Å². The van der Waals surface area contributed by atoms with Gasteiger partial charge in [0.25, 0.3) is 0 Å². The van der Waals surface area contributed by atoms with Crippen molar-refractivity contribution in [1.82, 2.24) is 15.5 Å². The maximum absolute atomic E-state index is 12.0. The number of aliphatic imine (C=N–C) groups is 2. The third-order valence-electron chi connectivity index (χ3n) is 3.45. The van der Waals surface area contributed by atoms with Crippen molar-refractivity contribution < 1.29 is 9.59 Å². The van der Waals surface area contributed by atoms with E-state index < -0.39 is 23.9 Å². The van der Waals surface area contributed by atoms with Crippen LogP contribution in [0.4, 0.5) is 0 Å². The lowest BCUT2D eigenvalue weighted by atomic mass is 10.1. The molecule has 0 bridgehead atoms. The van der Waals surface area contributed by atoms with Crippen LogP contribution in [0.5, 0.6) is 0 Å². The van der Waals surface area contributed by atoms with Gasteiger partial charge in [0.15, 0.2) is 11.9 Å². The van der Waals surface area contributed by atoms with E-state index in [1.165, 1.54) is 0 Å². The molecule has 0 rings (SSSR count). The van der Waals surface area contributed by atoms with Gasteiger partial charge in [0.05, 0.1) is 26.4 Å². The van der Waals surface area contributed by atoms with Gasteiger partial charge in [0.2, 0.25) is 11.8 Å². The number of nitrogens with zero attached hydrogens (tertiary/aromatic N) is 3. The van der Waals surface area contributed by atoms with E-state index in [2.05, 4.69) is 20.6 Å². The number of guanidine groups is 2. The number of hydrogen-bond acceptors (Lipinski definition) is 7. The molecular weight excluding hydrogens is 354 g/mol. The second-order valence-electron chi connectivity index (χ2n) is 6.85. The summed E-state index contributed by atoms with van der Waals surface area (Å²) in [5, 5.41) is 5.36. The van der Waals surface area contributed by atoms with Crippen molar-refractivity contribution in [3.05, 3.63) is 0 Å². The quantitative estimate of drug-likeness (QED) is 0.102. The summed E-state index contributed by atoms with van der Waals surface area (Å²) in [6.07, 6.45) is 0. The second-order valence-corrected chi connectivity index (χ2v) is 6.85. The molecule has 0 unspecified atom stereocenters. The zero-order valence-corrected chi connectivity index (χ0v) is 16.1. The fourth-order valence-electron chi connectivity index (χ4n) is 1.71. The Morgan fingerprint density at radius 2 is 1.19 bits per heavy atom. The highest BCUT2D eigenvalue weighted by Gasteiger charge is 2.24. The van der Waals surface area contributed by atoms with Crippen LogP contribution in [0.15, 0.2) is 9.98 Å². The van der Waals surface area contributed by atoms with Gasteiger partial charge in [0.1, 0.15) is 12.1 Å². The number of rotatable bonds is 10. The van der Waals surface area contributed by atoms with Gasteiger partial charge in [-0.3, -0.25) is 24.5 Å². The summed E-state index contributed by atoms with van der Waals surface area (Å²) in [4.78, 5) is 33.3. The summed E-state index contributed by atoms with van der Waals surface area (Å²) in [5.74, 6) is -1.14. The number of hydrogen-bond donors (Lipinski definition) is 8. The third-order valence-corrected chi connectivity index (χ3v) is 3.45. The van der Waals surface area contributed by atoms with Crippen LogP contribution in [0.25, 0.3) is 0 Å². The first-order chi connectivity index (χ1) is 12.3.